The van der Waals surface area contributed by atoms with Gasteiger partial charge in [0.25, 0.3) is 0 Å². The van der Waals surface area contributed by atoms with Crippen LogP contribution in [-0.2, 0) is 0 Å². The van der Waals surface area contributed by atoms with Crippen LogP contribution < -0.4 is 0 Å². The summed E-state index contributed by atoms with van der Waals surface area (Å²) in [5.41, 5.74) is 7.30. The minimum atomic E-state index is -0.179. The molecular weight excluding hydrogens is 184 g/mol. The average molecular weight is 207 g/mol. The van der Waals surface area contributed by atoms with Crippen molar-refractivity contribution in [1.82, 2.24) is 0 Å². The van der Waals surface area contributed by atoms with Gasteiger partial charge in [-0.2, -0.15) is 0 Å². The normalized spacial score (nSPS) is 19.1. The van der Waals surface area contributed by atoms with E-state index in [9.17, 15) is 0 Å². The van der Waals surface area contributed by atoms with Crippen LogP contribution in [0.25, 0.3) is 0 Å². The van der Waals surface area contributed by atoms with E-state index < -0.39 is 0 Å². The smallest absolute Gasteiger partial charge is 0.0606 e. The Hall–Kier alpha value is -0.303. The lowest BCUT2D eigenvalue weighted by atomic mass is 10.1. The van der Waals surface area contributed by atoms with Crippen LogP contribution in [0.15, 0.2) is 22.3 Å². The Kier molecular flexibility index (Phi) is 3.76. The van der Waals surface area contributed by atoms with Gasteiger partial charge >= 0.3 is 0 Å². The molecule has 1 heteroatoms. The van der Waals surface area contributed by atoms with Crippen molar-refractivity contribution in [3.8, 4) is 0 Å². The minimum absolute atomic E-state index is 0.179. The third kappa shape index (κ3) is 1.74. The first-order valence-electron chi connectivity index (χ1n) is 5.74. The van der Waals surface area contributed by atoms with Gasteiger partial charge in [-0.15, -0.1) is 0 Å². The monoisotopic (exact) mass is 207 g/mol. The minimum Gasteiger partial charge on any atom is -0.0679 e. The molecule has 1 aliphatic rings. The van der Waals surface area contributed by atoms with Crippen LogP contribution in [0.3, 0.4) is 0 Å². The second-order valence-electron chi connectivity index (χ2n) is 4.41. The van der Waals surface area contributed by atoms with Gasteiger partial charge < -0.3 is 0 Å². The Balaban J connectivity index is 3.02. The maximum absolute atomic E-state index is 2.36. The quantitative estimate of drug-likeness (QED) is 0.594. The molecule has 0 aromatic carbocycles. The van der Waals surface area contributed by atoms with E-state index in [0.29, 0.717) is 0 Å². The van der Waals surface area contributed by atoms with E-state index in [-0.39, 0.29) is 8.80 Å². The highest BCUT2D eigenvalue weighted by molar-refractivity contribution is 6.62. The van der Waals surface area contributed by atoms with Gasteiger partial charge in [-0.05, 0) is 44.4 Å². The van der Waals surface area contributed by atoms with E-state index in [1.165, 1.54) is 12.1 Å². The predicted molar refractivity (Wildman–Crippen MR) is 67.2 cm³/mol. The molecule has 0 amide bonds. The molecular formula is C13H23Si. The highest BCUT2D eigenvalue weighted by Crippen LogP contribution is 2.44. The molecule has 0 atom stereocenters. The van der Waals surface area contributed by atoms with Gasteiger partial charge in [0.1, 0.15) is 0 Å². The summed E-state index contributed by atoms with van der Waals surface area (Å²) in [7, 11) is -0.179. The van der Waals surface area contributed by atoms with Crippen LogP contribution in [0.2, 0.25) is 17.6 Å². The third-order valence-electron chi connectivity index (χ3n) is 3.93. The second kappa shape index (κ2) is 4.48. The molecule has 1 radical (unpaired) electrons. The lowest BCUT2D eigenvalue weighted by Crippen LogP contribution is -2.19. The van der Waals surface area contributed by atoms with Crippen LogP contribution >= 0.6 is 0 Å². The lowest BCUT2D eigenvalue weighted by Gasteiger charge is -2.22. The van der Waals surface area contributed by atoms with Gasteiger partial charge in [-0.1, -0.05) is 37.1 Å². The summed E-state index contributed by atoms with van der Waals surface area (Å²) in [5.74, 6) is 0. The summed E-state index contributed by atoms with van der Waals surface area (Å²) in [6, 6.07) is 2.81. The molecule has 0 nitrogen and oxygen atoms in total. The molecule has 0 spiro atoms. The Bertz CT molecular complexity index is 256. The zero-order chi connectivity index (χ0) is 10.9. The summed E-state index contributed by atoms with van der Waals surface area (Å²) >= 11 is 0. The first-order chi connectivity index (χ1) is 6.54. The van der Waals surface area contributed by atoms with Crippen LogP contribution in [0.5, 0.6) is 0 Å². The predicted octanol–water partition coefficient (Wildman–Crippen LogP) is 4.58. The summed E-state index contributed by atoms with van der Waals surface area (Å²) in [4.78, 5) is 0. The second-order valence-corrected chi connectivity index (χ2v) is 7.72. The Morgan fingerprint density at radius 3 is 1.50 bits per heavy atom. The molecule has 1 rings (SSSR count). The van der Waals surface area contributed by atoms with Crippen molar-refractivity contribution in [1.29, 1.82) is 0 Å². The van der Waals surface area contributed by atoms with Gasteiger partial charge in [-0.25, -0.2) is 0 Å². The molecule has 0 heterocycles. The molecule has 1 aliphatic carbocycles. The van der Waals surface area contributed by atoms with Crippen LogP contribution in [0.4, 0.5) is 0 Å². The molecule has 0 unspecified atom stereocenters. The van der Waals surface area contributed by atoms with Gasteiger partial charge in [0.05, 0.1) is 8.80 Å². The van der Waals surface area contributed by atoms with Crippen molar-refractivity contribution in [3.63, 3.8) is 0 Å². The first kappa shape index (κ1) is 11.8. The maximum Gasteiger partial charge on any atom is 0.0606 e. The first-order valence-corrected chi connectivity index (χ1v) is 7.73. The van der Waals surface area contributed by atoms with Crippen LogP contribution in [0, 0.1) is 0 Å². The summed E-state index contributed by atoms with van der Waals surface area (Å²) in [6.45, 7) is 14.0. The highest BCUT2D eigenvalue weighted by atomic mass is 28.3. The average Bonchev–Trinajstić information content (AvgIpc) is 2.37. The van der Waals surface area contributed by atoms with Crippen LogP contribution in [-0.4, -0.2) is 8.80 Å². The highest BCUT2D eigenvalue weighted by Gasteiger charge is 2.30. The summed E-state index contributed by atoms with van der Waals surface area (Å²) in [6.07, 6.45) is 0. The van der Waals surface area contributed by atoms with Gasteiger partial charge in [-0.3, -0.25) is 0 Å². The molecule has 0 bridgehead atoms. The Morgan fingerprint density at radius 2 is 1.21 bits per heavy atom. The fourth-order valence-electron chi connectivity index (χ4n) is 2.62. The molecule has 0 aromatic rings. The Morgan fingerprint density at radius 1 is 0.857 bits per heavy atom. The van der Waals surface area contributed by atoms with Crippen molar-refractivity contribution in [2.45, 2.75) is 59.2 Å². The SMILES string of the molecule is CC[Si](CC)C1C(C)=C(C)C(C)=C1C. The lowest BCUT2D eigenvalue weighted by molar-refractivity contribution is 1.05. The molecule has 0 aliphatic heterocycles. The largest absolute Gasteiger partial charge is 0.0679 e. The topological polar surface area (TPSA) is 0 Å². The molecule has 79 valence electrons. The van der Waals surface area contributed by atoms with Crippen molar-refractivity contribution >= 4 is 8.80 Å². The van der Waals surface area contributed by atoms with Gasteiger partial charge in [0.2, 0.25) is 0 Å². The molecule has 0 saturated heterocycles. The van der Waals surface area contributed by atoms with E-state index >= 15 is 0 Å². The van der Waals surface area contributed by atoms with Crippen LogP contribution in [0.1, 0.15) is 41.5 Å². The molecule has 0 N–H and O–H groups in total. The zero-order valence-electron chi connectivity index (χ0n) is 10.5. The third-order valence-corrected chi connectivity index (χ3v) is 7.43. The van der Waals surface area contributed by atoms with Crippen molar-refractivity contribution in [2.75, 3.05) is 0 Å². The summed E-state index contributed by atoms with van der Waals surface area (Å²) in [5, 5.41) is 0. The molecule has 14 heavy (non-hydrogen) atoms. The number of hydrogen-bond acceptors (Lipinski definition) is 0. The number of allylic oxidation sites excluding steroid dienone is 4. The maximum atomic E-state index is 2.36. The van der Waals surface area contributed by atoms with E-state index in [0.717, 1.165) is 5.54 Å². The van der Waals surface area contributed by atoms with E-state index in [4.69, 9.17) is 0 Å². The van der Waals surface area contributed by atoms with E-state index in [2.05, 4.69) is 41.5 Å². The zero-order valence-corrected chi connectivity index (χ0v) is 11.5. The number of rotatable bonds is 3. The van der Waals surface area contributed by atoms with E-state index in [1.54, 1.807) is 22.3 Å². The summed E-state index contributed by atoms with van der Waals surface area (Å²) < 4.78 is 0. The van der Waals surface area contributed by atoms with Crippen molar-refractivity contribution in [3.05, 3.63) is 22.3 Å². The van der Waals surface area contributed by atoms with Crippen molar-refractivity contribution < 1.29 is 0 Å². The fraction of sp³-hybridized carbons (Fsp3) is 0.692. The van der Waals surface area contributed by atoms with Crippen molar-refractivity contribution in [2.24, 2.45) is 0 Å². The van der Waals surface area contributed by atoms with E-state index in [1.807, 2.05) is 0 Å². The van der Waals surface area contributed by atoms with Gasteiger partial charge in [0.15, 0.2) is 0 Å². The standard InChI is InChI=1S/C13H23Si/c1-7-14(8-2)13-11(5)9(3)10(4)12(13)6/h13H,7-8H2,1-6H3. The number of hydrogen-bond donors (Lipinski definition) is 0. The Labute approximate surface area is 90.7 Å². The molecule has 0 aromatic heterocycles. The molecule has 0 saturated carbocycles. The van der Waals surface area contributed by atoms with Gasteiger partial charge in [0, 0.05) is 0 Å². The molecule has 0 fully saturated rings. The fourth-order valence-corrected chi connectivity index (χ4v) is 5.59.